The minimum atomic E-state index is -3.46. The molecule has 1 amide bonds. The summed E-state index contributed by atoms with van der Waals surface area (Å²) in [4.78, 5) is 14.6. The zero-order valence-corrected chi connectivity index (χ0v) is 19.0. The average Bonchev–Trinajstić information content (AvgIpc) is 2.71. The Morgan fingerprint density at radius 3 is 2.24 bits per heavy atom. The van der Waals surface area contributed by atoms with Crippen molar-refractivity contribution in [2.75, 3.05) is 20.1 Å². The molecule has 0 aliphatic rings. The summed E-state index contributed by atoms with van der Waals surface area (Å²) in [5.74, 6) is 0.0253. The van der Waals surface area contributed by atoms with Gasteiger partial charge in [0.15, 0.2) is 0 Å². The van der Waals surface area contributed by atoms with Crippen molar-refractivity contribution < 1.29 is 13.2 Å². The van der Waals surface area contributed by atoms with E-state index in [4.69, 9.17) is 11.6 Å². The van der Waals surface area contributed by atoms with Crippen LogP contribution < -0.4 is 0 Å². The SMILES string of the molecule is CCN(CC)S(=O)(=O)c1ccc(CCC(=O)N(C)C(C)c2cccc(Cl)c2)cc1. The molecule has 1 unspecified atom stereocenters. The summed E-state index contributed by atoms with van der Waals surface area (Å²) in [7, 11) is -1.68. The highest BCUT2D eigenvalue weighted by Crippen LogP contribution is 2.23. The van der Waals surface area contributed by atoms with Crippen LogP contribution >= 0.6 is 11.6 Å². The fraction of sp³-hybridized carbons (Fsp3) is 0.409. The number of halogens is 1. The van der Waals surface area contributed by atoms with E-state index in [-0.39, 0.29) is 16.8 Å². The summed E-state index contributed by atoms with van der Waals surface area (Å²) in [6.45, 7) is 6.48. The largest absolute Gasteiger partial charge is 0.339 e. The minimum absolute atomic E-state index is 0.0253. The molecule has 158 valence electrons. The van der Waals surface area contributed by atoms with Crippen LogP contribution in [0.5, 0.6) is 0 Å². The highest BCUT2D eigenvalue weighted by molar-refractivity contribution is 7.89. The van der Waals surface area contributed by atoms with Crippen molar-refractivity contribution in [2.45, 2.75) is 44.6 Å². The molecule has 5 nitrogen and oxygen atoms in total. The van der Waals surface area contributed by atoms with E-state index in [1.807, 2.05) is 45.0 Å². The second-order valence-electron chi connectivity index (χ2n) is 6.97. The first-order chi connectivity index (χ1) is 13.7. The van der Waals surface area contributed by atoms with Crippen LogP contribution in [0.15, 0.2) is 53.4 Å². The lowest BCUT2D eigenvalue weighted by atomic mass is 10.1. The van der Waals surface area contributed by atoms with Gasteiger partial charge in [-0.3, -0.25) is 4.79 Å². The summed E-state index contributed by atoms with van der Waals surface area (Å²) in [5.41, 5.74) is 1.92. The normalized spacial score (nSPS) is 12.8. The van der Waals surface area contributed by atoms with E-state index in [1.54, 1.807) is 36.2 Å². The number of rotatable bonds is 9. The molecular weight excluding hydrogens is 408 g/mol. The summed E-state index contributed by atoms with van der Waals surface area (Å²) < 4.78 is 26.5. The van der Waals surface area contributed by atoms with Gasteiger partial charge in [-0.05, 0) is 48.7 Å². The summed E-state index contributed by atoms with van der Waals surface area (Å²) in [5, 5.41) is 0.648. The number of nitrogens with zero attached hydrogens (tertiary/aromatic N) is 2. The maximum atomic E-state index is 12.6. The summed E-state index contributed by atoms with van der Waals surface area (Å²) >= 11 is 6.05. The fourth-order valence-electron chi connectivity index (χ4n) is 3.17. The molecule has 1 atom stereocenters. The molecule has 0 heterocycles. The number of carbonyl (C=O) groups is 1. The van der Waals surface area contributed by atoms with Crippen molar-refractivity contribution >= 4 is 27.5 Å². The third-order valence-corrected chi connectivity index (χ3v) is 7.50. The van der Waals surface area contributed by atoms with E-state index in [0.717, 1.165) is 11.1 Å². The predicted molar refractivity (Wildman–Crippen MR) is 118 cm³/mol. The molecule has 7 heteroatoms. The molecule has 0 radical (unpaired) electrons. The van der Waals surface area contributed by atoms with E-state index in [2.05, 4.69) is 0 Å². The van der Waals surface area contributed by atoms with Gasteiger partial charge in [-0.25, -0.2) is 8.42 Å². The smallest absolute Gasteiger partial charge is 0.243 e. The van der Waals surface area contributed by atoms with E-state index in [1.165, 1.54) is 4.31 Å². The number of aryl methyl sites for hydroxylation is 1. The number of hydrogen-bond acceptors (Lipinski definition) is 3. The summed E-state index contributed by atoms with van der Waals surface area (Å²) in [6.07, 6.45) is 0.903. The number of amides is 1. The van der Waals surface area contributed by atoms with E-state index in [9.17, 15) is 13.2 Å². The van der Waals surface area contributed by atoms with Crippen LogP contribution in [0.25, 0.3) is 0 Å². The van der Waals surface area contributed by atoms with Gasteiger partial charge in [-0.2, -0.15) is 4.31 Å². The first kappa shape index (κ1) is 23.4. The molecule has 0 spiro atoms. The van der Waals surface area contributed by atoms with E-state index < -0.39 is 10.0 Å². The van der Waals surface area contributed by atoms with Crippen LogP contribution in [-0.2, 0) is 21.2 Å². The average molecular weight is 437 g/mol. The maximum absolute atomic E-state index is 12.6. The third-order valence-electron chi connectivity index (χ3n) is 5.20. The van der Waals surface area contributed by atoms with E-state index >= 15 is 0 Å². The molecule has 2 aromatic rings. The molecule has 0 aliphatic carbocycles. The van der Waals surface area contributed by atoms with Gasteiger partial charge in [0.05, 0.1) is 10.9 Å². The zero-order chi connectivity index (χ0) is 21.6. The molecule has 29 heavy (non-hydrogen) atoms. The van der Waals surface area contributed by atoms with Crippen molar-refractivity contribution in [2.24, 2.45) is 0 Å². The molecule has 2 rings (SSSR count). The molecule has 0 bridgehead atoms. The van der Waals surface area contributed by atoms with Crippen LogP contribution in [0.3, 0.4) is 0 Å². The molecule has 0 fully saturated rings. The first-order valence-corrected chi connectivity index (χ1v) is 11.6. The zero-order valence-electron chi connectivity index (χ0n) is 17.4. The molecule has 0 saturated carbocycles. The van der Waals surface area contributed by atoms with Crippen LogP contribution in [0.4, 0.5) is 0 Å². The summed E-state index contributed by atoms with van der Waals surface area (Å²) in [6, 6.07) is 14.2. The highest BCUT2D eigenvalue weighted by Gasteiger charge is 2.21. The second kappa shape index (κ2) is 10.2. The van der Waals surface area contributed by atoms with Gasteiger partial charge in [0.1, 0.15) is 0 Å². The lowest BCUT2D eigenvalue weighted by Gasteiger charge is -2.25. The lowest BCUT2D eigenvalue weighted by molar-refractivity contribution is -0.131. The maximum Gasteiger partial charge on any atom is 0.243 e. The van der Waals surface area contributed by atoms with E-state index in [0.29, 0.717) is 31.0 Å². The molecule has 0 aliphatic heterocycles. The Labute approximate surface area is 179 Å². The molecular formula is C22H29ClN2O3S. The van der Waals surface area contributed by atoms with Crippen molar-refractivity contribution in [3.8, 4) is 0 Å². The highest BCUT2D eigenvalue weighted by atomic mass is 35.5. The van der Waals surface area contributed by atoms with Crippen LogP contribution in [0.2, 0.25) is 5.02 Å². The third kappa shape index (κ3) is 5.81. The van der Waals surface area contributed by atoms with Gasteiger partial charge in [0, 0.05) is 31.6 Å². The van der Waals surface area contributed by atoms with Crippen molar-refractivity contribution in [1.29, 1.82) is 0 Å². The monoisotopic (exact) mass is 436 g/mol. The van der Waals surface area contributed by atoms with Crippen molar-refractivity contribution in [3.05, 3.63) is 64.7 Å². The van der Waals surface area contributed by atoms with Crippen molar-refractivity contribution in [1.82, 2.24) is 9.21 Å². The van der Waals surface area contributed by atoms with Crippen LogP contribution in [-0.4, -0.2) is 43.7 Å². The standard InChI is InChI=1S/C22H29ClN2O3S/c1-5-25(6-2)29(27,28)21-13-10-18(11-14-21)12-15-22(26)24(4)17(3)19-8-7-9-20(23)16-19/h7-11,13-14,16-17H,5-6,12,15H2,1-4H3. The Hall–Kier alpha value is -1.89. The predicted octanol–water partition coefficient (Wildman–Crippen LogP) is 4.52. The topological polar surface area (TPSA) is 57.7 Å². The lowest BCUT2D eigenvalue weighted by Crippen LogP contribution is -2.30. The Morgan fingerprint density at radius 2 is 1.69 bits per heavy atom. The Morgan fingerprint density at radius 1 is 1.07 bits per heavy atom. The van der Waals surface area contributed by atoms with Crippen LogP contribution in [0.1, 0.15) is 44.4 Å². The Bertz CT molecular complexity index is 925. The first-order valence-electron chi connectivity index (χ1n) is 9.80. The molecule has 0 N–H and O–H groups in total. The quantitative estimate of drug-likeness (QED) is 0.580. The van der Waals surface area contributed by atoms with Crippen LogP contribution in [0, 0.1) is 0 Å². The molecule has 2 aromatic carbocycles. The van der Waals surface area contributed by atoms with Gasteiger partial charge in [-0.15, -0.1) is 0 Å². The number of benzene rings is 2. The number of sulfonamides is 1. The number of hydrogen-bond donors (Lipinski definition) is 0. The Kier molecular flexibility index (Phi) is 8.25. The van der Waals surface area contributed by atoms with Crippen molar-refractivity contribution in [3.63, 3.8) is 0 Å². The Balaban J connectivity index is 2.00. The molecule has 0 aromatic heterocycles. The van der Waals surface area contributed by atoms with Gasteiger partial charge < -0.3 is 4.90 Å². The van der Waals surface area contributed by atoms with Gasteiger partial charge in [0.25, 0.3) is 0 Å². The second-order valence-corrected chi connectivity index (χ2v) is 9.34. The van der Waals surface area contributed by atoms with Gasteiger partial charge in [-0.1, -0.05) is 49.7 Å². The fourth-order valence-corrected chi connectivity index (χ4v) is 4.83. The van der Waals surface area contributed by atoms with Gasteiger partial charge >= 0.3 is 0 Å². The van der Waals surface area contributed by atoms with Gasteiger partial charge in [0.2, 0.25) is 15.9 Å². The molecule has 0 saturated heterocycles. The number of carbonyl (C=O) groups excluding carboxylic acids is 1. The minimum Gasteiger partial charge on any atom is -0.339 e.